The van der Waals surface area contributed by atoms with Crippen LogP contribution in [0.4, 0.5) is 0 Å². The van der Waals surface area contributed by atoms with Gasteiger partial charge in [-0.05, 0) is 24.8 Å². The van der Waals surface area contributed by atoms with Crippen molar-refractivity contribution in [2.45, 2.75) is 13.8 Å². The van der Waals surface area contributed by atoms with Crippen LogP contribution >= 0.6 is 0 Å². The van der Waals surface area contributed by atoms with Gasteiger partial charge in [-0.15, -0.1) is 10.2 Å². The molecule has 0 bridgehead atoms. The topological polar surface area (TPSA) is 67.5 Å². The first-order valence-corrected chi connectivity index (χ1v) is 5.57. The Bertz CT molecular complexity index is 790. The molecule has 0 saturated carbocycles. The highest BCUT2D eigenvalue weighted by Crippen LogP contribution is 2.26. The van der Waals surface area contributed by atoms with Crippen LogP contribution in [0.2, 0.25) is 0 Å². The molecule has 0 fully saturated rings. The van der Waals surface area contributed by atoms with Crippen molar-refractivity contribution in [1.29, 1.82) is 0 Å². The highest BCUT2D eigenvalue weighted by Gasteiger charge is 2.19. The van der Waals surface area contributed by atoms with E-state index in [2.05, 4.69) is 10.2 Å². The standard InChI is InChI=1S/C13H11N3O2/c1-7-9-5-3-4-6-10(9)12-15-14-8(2)16(12)11(7)13(17)18/h3-6H,1-2H3,(H,17,18). The van der Waals surface area contributed by atoms with Crippen molar-refractivity contribution in [2.75, 3.05) is 0 Å². The number of hydrogen-bond acceptors (Lipinski definition) is 3. The molecule has 3 rings (SSSR count). The fourth-order valence-corrected chi connectivity index (χ4v) is 2.36. The molecule has 0 aliphatic heterocycles. The fourth-order valence-electron chi connectivity index (χ4n) is 2.36. The van der Waals surface area contributed by atoms with E-state index in [1.807, 2.05) is 31.2 Å². The maximum absolute atomic E-state index is 11.5. The van der Waals surface area contributed by atoms with Crippen molar-refractivity contribution in [2.24, 2.45) is 0 Å². The average molecular weight is 241 g/mol. The number of fused-ring (bicyclic) bond motifs is 3. The zero-order chi connectivity index (χ0) is 12.9. The number of carbonyl (C=O) groups is 1. The lowest BCUT2D eigenvalue weighted by atomic mass is 10.0. The quantitative estimate of drug-likeness (QED) is 0.709. The number of benzene rings is 1. The molecule has 2 aromatic heterocycles. The number of rotatable bonds is 1. The van der Waals surface area contributed by atoms with E-state index in [9.17, 15) is 9.90 Å². The fraction of sp³-hybridized carbons (Fsp3) is 0.154. The lowest BCUT2D eigenvalue weighted by Gasteiger charge is -2.10. The number of aryl methyl sites for hydroxylation is 2. The Morgan fingerprint density at radius 3 is 2.50 bits per heavy atom. The molecule has 3 aromatic rings. The summed E-state index contributed by atoms with van der Waals surface area (Å²) in [6.45, 7) is 3.56. The number of carboxylic acids is 1. The van der Waals surface area contributed by atoms with Gasteiger partial charge in [0.2, 0.25) is 0 Å². The minimum absolute atomic E-state index is 0.228. The summed E-state index contributed by atoms with van der Waals surface area (Å²) >= 11 is 0. The summed E-state index contributed by atoms with van der Waals surface area (Å²) in [7, 11) is 0. The van der Waals surface area contributed by atoms with Gasteiger partial charge in [0.15, 0.2) is 5.65 Å². The number of nitrogens with zero attached hydrogens (tertiary/aromatic N) is 3. The lowest BCUT2D eigenvalue weighted by molar-refractivity contribution is 0.0688. The minimum atomic E-state index is -0.967. The predicted molar refractivity (Wildman–Crippen MR) is 66.9 cm³/mol. The normalized spacial score (nSPS) is 11.2. The summed E-state index contributed by atoms with van der Waals surface area (Å²) in [4.78, 5) is 11.5. The van der Waals surface area contributed by atoms with Gasteiger partial charge in [0.25, 0.3) is 0 Å². The van der Waals surface area contributed by atoms with Crippen LogP contribution < -0.4 is 0 Å². The van der Waals surface area contributed by atoms with Gasteiger partial charge in [-0.1, -0.05) is 24.3 Å². The molecular weight excluding hydrogens is 230 g/mol. The number of carboxylic acid groups (broad SMARTS) is 1. The molecule has 90 valence electrons. The van der Waals surface area contributed by atoms with Crippen molar-refractivity contribution >= 4 is 22.4 Å². The number of pyridine rings is 1. The summed E-state index contributed by atoms with van der Waals surface area (Å²) in [5.74, 6) is -0.387. The third kappa shape index (κ3) is 1.24. The molecule has 0 radical (unpaired) electrons. The van der Waals surface area contributed by atoms with Crippen molar-refractivity contribution < 1.29 is 9.90 Å². The summed E-state index contributed by atoms with van der Waals surface area (Å²) < 4.78 is 1.60. The van der Waals surface area contributed by atoms with Crippen molar-refractivity contribution in [3.05, 3.63) is 41.3 Å². The minimum Gasteiger partial charge on any atom is -0.477 e. The first kappa shape index (κ1) is 10.7. The van der Waals surface area contributed by atoms with E-state index >= 15 is 0 Å². The van der Waals surface area contributed by atoms with Crippen molar-refractivity contribution in [1.82, 2.24) is 14.6 Å². The second kappa shape index (κ2) is 3.53. The van der Waals surface area contributed by atoms with Crippen LogP contribution in [-0.4, -0.2) is 25.7 Å². The molecule has 18 heavy (non-hydrogen) atoms. The van der Waals surface area contributed by atoms with E-state index in [-0.39, 0.29) is 5.69 Å². The third-order valence-corrected chi connectivity index (χ3v) is 3.18. The van der Waals surface area contributed by atoms with Crippen LogP contribution in [0.25, 0.3) is 16.4 Å². The molecule has 1 aromatic carbocycles. The second-order valence-corrected chi connectivity index (χ2v) is 4.23. The smallest absolute Gasteiger partial charge is 0.353 e. The van der Waals surface area contributed by atoms with E-state index in [0.717, 1.165) is 16.3 Å². The van der Waals surface area contributed by atoms with Gasteiger partial charge in [0.1, 0.15) is 11.5 Å². The molecule has 0 spiro atoms. The SMILES string of the molecule is Cc1c(C(=O)O)n2c(C)nnc2c2ccccc12. The van der Waals surface area contributed by atoms with E-state index in [0.29, 0.717) is 11.5 Å². The predicted octanol–water partition coefficient (Wildman–Crippen LogP) is 2.20. The highest BCUT2D eigenvalue weighted by atomic mass is 16.4. The van der Waals surface area contributed by atoms with Crippen LogP contribution in [-0.2, 0) is 0 Å². The van der Waals surface area contributed by atoms with Gasteiger partial charge < -0.3 is 5.11 Å². The highest BCUT2D eigenvalue weighted by molar-refractivity contribution is 6.02. The molecule has 0 saturated heterocycles. The molecule has 0 aliphatic carbocycles. The largest absolute Gasteiger partial charge is 0.477 e. The van der Waals surface area contributed by atoms with Gasteiger partial charge in [-0.2, -0.15) is 0 Å². The van der Waals surface area contributed by atoms with Crippen molar-refractivity contribution in [3.63, 3.8) is 0 Å². The summed E-state index contributed by atoms with van der Waals surface area (Å²) in [6.07, 6.45) is 0. The second-order valence-electron chi connectivity index (χ2n) is 4.23. The Kier molecular flexibility index (Phi) is 2.10. The molecule has 2 heterocycles. The van der Waals surface area contributed by atoms with Crippen molar-refractivity contribution in [3.8, 4) is 0 Å². The summed E-state index contributed by atoms with van der Waals surface area (Å²) in [5.41, 5.74) is 1.55. The lowest BCUT2D eigenvalue weighted by Crippen LogP contribution is -2.10. The van der Waals surface area contributed by atoms with Gasteiger partial charge in [0.05, 0.1) is 0 Å². The first-order valence-electron chi connectivity index (χ1n) is 5.57. The van der Waals surface area contributed by atoms with Gasteiger partial charge in [0, 0.05) is 5.39 Å². The Morgan fingerprint density at radius 2 is 1.83 bits per heavy atom. The Balaban J connectivity index is 2.68. The molecule has 5 heteroatoms. The molecule has 0 unspecified atom stereocenters. The maximum atomic E-state index is 11.5. The number of aromatic carboxylic acids is 1. The van der Waals surface area contributed by atoms with E-state index < -0.39 is 5.97 Å². The molecule has 5 nitrogen and oxygen atoms in total. The van der Waals surface area contributed by atoms with Crippen LogP contribution in [0.15, 0.2) is 24.3 Å². The summed E-state index contributed by atoms with van der Waals surface area (Å²) in [6, 6.07) is 7.63. The third-order valence-electron chi connectivity index (χ3n) is 3.18. The molecule has 0 amide bonds. The average Bonchev–Trinajstić information content (AvgIpc) is 2.72. The Labute approximate surface area is 103 Å². The Hall–Kier alpha value is -2.43. The van der Waals surface area contributed by atoms with Crippen LogP contribution in [0.3, 0.4) is 0 Å². The molecule has 0 atom stereocenters. The number of hydrogen-bond donors (Lipinski definition) is 1. The van der Waals surface area contributed by atoms with Gasteiger partial charge in [-0.25, -0.2) is 4.79 Å². The van der Waals surface area contributed by atoms with Crippen LogP contribution in [0.5, 0.6) is 0 Å². The van der Waals surface area contributed by atoms with E-state index in [4.69, 9.17) is 0 Å². The zero-order valence-corrected chi connectivity index (χ0v) is 10.0. The first-order chi connectivity index (χ1) is 8.61. The molecule has 1 N–H and O–H groups in total. The Morgan fingerprint density at radius 1 is 1.17 bits per heavy atom. The van der Waals surface area contributed by atoms with Gasteiger partial charge in [-0.3, -0.25) is 4.40 Å². The summed E-state index contributed by atoms with van der Waals surface area (Å²) in [5, 5.41) is 19.3. The molecular formula is C13H11N3O2. The molecule has 0 aliphatic rings. The monoisotopic (exact) mass is 241 g/mol. The zero-order valence-electron chi connectivity index (χ0n) is 10.0. The van der Waals surface area contributed by atoms with E-state index in [1.54, 1.807) is 11.3 Å². The van der Waals surface area contributed by atoms with Gasteiger partial charge >= 0.3 is 5.97 Å². The maximum Gasteiger partial charge on any atom is 0.353 e. The number of aromatic nitrogens is 3. The van der Waals surface area contributed by atoms with Crippen LogP contribution in [0, 0.1) is 13.8 Å². The van der Waals surface area contributed by atoms with Crippen LogP contribution in [0.1, 0.15) is 21.9 Å². The van der Waals surface area contributed by atoms with E-state index in [1.165, 1.54) is 0 Å².